The Labute approximate surface area is 137 Å². The van der Waals surface area contributed by atoms with Gasteiger partial charge in [0.05, 0.1) is 11.7 Å². The zero-order valence-electron chi connectivity index (χ0n) is 13.0. The summed E-state index contributed by atoms with van der Waals surface area (Å²) in [6.07, 6.45) is 5.30. The summed E-state index contributed by atoms with van der Waals surface area (Å²) in [6.45, 7) is 1.65. The summed E-state index contributed by atoms with van der Waals surface area (Å²) in [7, 11) is 2.29. The molecule has 2 saturated heterocycles. The van der Waals surface area contributed by atoms with Crippen LogP contribution in [0.25, 0.3) is 0 Å². The van der Waals surface area contributed by atoms with Crippen molar-refractivity contribution in [2.24, 2.45) is 0 Å². The third-order valence-corrected chi connectivity index (χ3v) is 5.73. The highest BCUT2D eigenvalue weighted by Crippen LogP contribution is 2.34. The van der Waals surface area contributed by atoms with E-state index < -0.39 is 0 Å². The Morgan fingerprint density at radius 2 is 2.09 bits per heavy atom. The first-order chi connectivity index (χ1) is 10.7. The first-order valence-electron chi connectivity index (χ1n) is 8.33. The topological polar surface area (TPSA) is 36.5 Å². The van der Waals surface area contributed by atoms with E-state index in [1.54, 1.807) is 0 Å². The highest BCUT2D eigenvalue weighted by Gasteiger charge is 2.38. The van der Waals surface area contributed by atoms with E-state index in [0.717, 1.165) is 35.1 Å². The van der Waals surface area contributed by atoms with Crippen molar-refractivity contribution in [3.8, 4) is 5.75 Å². The second kappa shape index (κ2) is 5.91. The number of halogens is 1. The first kappa shape index (κ1) is 14.6. The Morgan fingerprint density at radius 3 is 2.86 bits per heavy atom. The number of nitrogens with zero attached hydrogens (tertiary/aromatic N) is 1. The van der Waals surface area contributed by atoms with Gasteiger partial charge < -0.3 is 20.3 Å². The third-order valence-electron chi connectivity index (χ3n) is 5.49. The predicted molar refractivity (Wildman–Crippen MR) is 90.0 cm³/mol. The normalized spacial score (nSPS) is 33.9. The largest absolute Gasteiger partial charge is 0.489 e. The standard InChI is InChI=1S/C17H24ClN3O/c1-21-14-3-4-15(21)8-12(7-14)19-9-13-10-22-17-5-2-11(18)6-16(17)20-13/h2,5-6,12-15,19-20H,3-4,7-10H2,1H3. The van der Waals surface area contributed by atoms with E-state index >= 15 is 0 Å². The van der Waals surface area contributed by atoms with Crippen molar-refractivity contribution in [1.82, 2.24) is 10.2 Å². The molecule has 2 fully saturated rings. The molecule has 3 aliphatic rings. The number of ether oxygens (including phenoxy) is 1. The number of hydrogen-bond acceptors (Lipinski definition) is 4. The molecule has 1 aromatic carbocycles. The van der Waals surface area contributed by atoms with Crippen LogP contribution >= 0.6 is 11.6 Å². The van der Waals surface area contributed by atoms with Gasteiger partial charge in [0.2, 0.25) is 0 Å². The minimum absolute atomic E-state index is 0.309. The van der Waals surface area contributed by atoms with Crippen LogP contribution in [-0.4, -0.2) is 49.3 Å². The van der Waals surface area contributed by atoms with Crippen molar-refractivity contribution in [3.05, 3.63) is 23.2 Å². The molecule has 0 aliphatic carbocycles. The van der Waals surface area contributed by atoms with Crippen LogP contribution < -0.4 is 15.4 Å². The summed E-state index contributed by atoms with van der Waals surface area (Å²) in [4.78, 5) is 2.58. The lowest BCUT2D eigenvalue weighted by molar-refractivity contribution is 0.147. The number of rotatable bonds is 3. The van der Waals surface area contributed by atoms with E-state index in [-0.39, 0.29) is 0 Å². The van der Waals surface area contributed by atoms with Crippen LogP contribution in [0.2, 0.25) is 5.02 Å². The maximum absolute atomic E-state index is 6.06. The Morgan fingerprint density at radius 1 is 1.32 bits per heavy atom. The summed E-state index contributed by atoms with van der Waals surface area (Å²) in [5, 5.41) is 8.04. The molecule has 0 aromatic heterocycles. The Bertz CT molecular complexity index is 539. The molecule has 0 spiro atoms. The van der Waals surface area contributed by atoms with Crippen LogP contribution in [0.15, 0.2) is 18.2 Å². The van der Waals surface area contributed by atoms with E-state index in [1.165, 1.54) is 25.7 Å². The molecular formula is C17H24ClN3O. The zero-order valence-corrected chi connectivity index (χ0v) is 13.8. The third kappa shape index (κ3) is 2.80. The van der Waals surface area contributed by atoms with E-state index in [4.69, 9.17) is 16.3 Å². The number of piperidine rings is 1. The highest BCUT2D eigenvalue weighted by atomic mass is 35.5. The van der Waals surface area contributed by atoms with Crippen LogP contribution in [0.3, 0.4) is 0 Å². The average molecular weight is 322 g/mol. The van der Waals surface area contributed by atoms with E-state index in [0.29, 0.717) is 18.7 Å². The highest BCUT2D eigenvalue weighted by molar-refractivity contribution is 6.30. The van der Waals surface area contributed by atoms with Crippen molar-refractivity contribution in [1.29, 1.82) is 0 Å². The van der Waals surface area contributed by atoms with Gasteiger partial charge in [0.25, 0.3) is 0 Å². The number of hydrogen-bond donors (Lipinski definition) is 2. The van der Waals surface area contributed by atoms with Crippen LogP contribution in [-0.2, 0) is 0 Å². The van der Waals surface area contributed by atoms with Gasteiger partial charge in [0, 0.05) is 29.7 Å². The summed E-state index contributed by atoms with van der Waals surface area (Å²) in [5.41, 5.74) is 1.01. The van der Waals surface area contributed by atoms with Gasteiger partial charge >= 0.3 is 0 Å². The fraction of sp³-hybridized carbons (Fsp3) is 0.647. The van der Waals surface area contributed by atoms with Crippen molar-refractivity contribution in [2.45, 2.75) is 49.9 Å². The quantitative estimate of drug-likeness (QED) is 0.897. The predicted octanol–water partition coefficient (Wildman–Crippen LogP) is 2.73. The second-order valence-corrected chi connectivity index (χ2v) is 7.36. The molecule has 3 unspecified atom stereocenters. The molecule has 0 amide bonds. The van der Waals surface area contributed by atoms with Gasteiger partial charge in [0.1, 0.15) is 12.4 Å². The summed E-state index contributed by atoms with van der Waals surface area (Å²) >= 11 is 6.06. The van der Waals surface area contributed by atoms with Crippen LogP contribution in [0, 0.1) is 0 Å². The Kier molecular flexibility index (Phi) is 3.93. The number of benzene rings is 1. The van der Waals surface area contributed by atoms with E-state index in [9.17, 15) is 0 Å². The summed E-state index contributed by atoms with van der Waals surface area (Å²) in [6, 6.07) is 8.27. The van der Waals surface area contributed by atoms with E-state index in [2.05, 4.69) is 22.6 Å². The van der Waals surface area contributed by atoms with Crippen LogP contribution in [0.5, 0.6) is 5.75 Å². The van der Waals surface area contributed by atoms with Gasteiger partial charge in [-0.25, -0.2) is 0 Å². The molecule has 2 bridgehead atoms. The Balaban J connectivity index is 1.32. The molecule has 3 heterocycles. The number of nitrogens with one attached hydrogen (secondary N) is 2. The number of anilines is 1. The molecular weight excluding hydrogens is 298 g/mol. The molecule has 120 valence electrons. The Hall–Kier alpha value is -0.970. The molecule has 2 N–H and O–H groups in total. The molecule has 3 aliphatic heterocycles. The molecule has 1 aromatic rings. The van der Waals surface area contributed by atoms with Crippen LogP contribution in [0.1, 0.15) is 25.7 Å². The molecule has 4 nitrogen and oxygen atoms in total. The summed E-state index contributed by atoms with van der Waals surface area (Å²) in [5.74, 6) is 0.901. The van der Waals surface area contributed by atoms with Crippen molar-refractivity contribution in [2.75, 3.05) is 25.5 Å². The lowest BCUT2D eigenvalue weighted by Crippen LogP contribution is -2.50. The van der Waals surface area contributed by atoms with E-state index in [1.807, 2.05) is 18.2 Å². The van der Waals surface area contributed by atoms with Gasteiger partial charge in [-0.2, -0.15) is 0 Å². The monoisotopic (exact) mass is 321 g/mol. The average Bonchev–Trinajstić information content (AvgIpc) is 2.74. The molecule has 4 rings (SSSR count). The lowest BCUT2D eigenvalue weighted by atomic mass is 9.98. The minimum atomic E-state index is 0.309. The molecule has 0 saturated carbocycles. The molecule has 22 heavy (non-hydrogen) atoms. The molecule has 5 heteroatoms. The SMILES string of the molecule is CN1C2CCC1CC(NCC1COc3ccc(Cl)cc3N1)C2. The zero-order chi connectivity index (χ0) is 15.1. The molecule has 3 atom stereocenters. The summed E-state index contributed by atoms with van der Waals surface area (Å²) < 4.78 is 5.83. The van der Waals surface area contributed by atoms with Crippen molar-refractivity contribution < 1.29 is 4.74 Å². The van der Waals surface area contributed by atoms with Crippen molar-refractivity contribution in [3.63, 3.8) is 0 Å². The van der Waals surface area contributed by atoms with Gasteiger partial charge in [-0.3, -0.25) is 0 Å². The van der Waals surface area contributed by atoms with Gasteiger partial charge in [-0.05, 0) is 50.9 Å². The number of fused-ring (bicyclic) bond motifs is 3. The van der Waals surface area contributed by atoms with Crippen molar-refractivity contribution >= 4 is 17.3 Å². The maximum atomic E-state index is 6.06. The smallest absolute Gasteiger partial charge is 0.142 e. The minimum Gasteiger partial charge on any atom is -0.489 e. The van der Waals surface area contributed by atoms with Gasteiger partial charge in [0.15, 0.2) is 0 Å². The van der Waals surface area contributed by atoms with Gasteiger partial charge in [-0.1, -0.05) is 11.6 Å². The first-order valence-corrected chi connectivity index (χ1v) is 8.71. The van der Waals surface area contributed by atoms with Gasteiger partial charge in [-0.15, -0.1) is 0 Å². The fourth-order valence-corrected chi connectivity index (χ4v) is 4.36. The second-order valence-electron chi connectivity index (χ2n) is 6.92. The fourth-order valence-electron chi connectivity index (χ4n) is 4.19. The maximum Gasteiger partial charge on any atom is 0.142 e. The van der Waals surface area contributed by atoms with Crippen LogP contribution in [0.4, 0.5) is 5.69 Å². The molecule has 0 radical (unpaired) electrons. The lowest BCUT2D eigenvalue weighted by Gasteiger charge is -2.37.